The molecule has 1 aromatic carbocycles. The summed E-state index contributed by atoms with van der Waals surface area (Å²) in [4.78, 5) is 17.4. The largest absolute Gasteiger partial charge is 0.446 e. The summed E-state index contributed by atoms with van der Waals surface area (Å²) in [5.41, 5.74) is 9.16. The fourth-order valence-corrected chi connectivity index (χ4v) is 2.96. The Bertz CT molecular complexity index is 948. The van der Waals surface area contributed by atoms with E-state index in [9.17, 15) is 13.8 Å². The second kappa shape index (κ2) is 9.72. The second-order valence-electron chi connectivity index (χ2n) is 5.01. The minimum Gasteiger partial charge on any atom is -0.360 e. The summed E-state index contributed by atoms with van der Waals surface area (Å²) in [6.07, 6.45) is 7.00. The fraction of sp³-hybridized carbons (Fsp3) is 0.235. The van der Waals surface area contributed by atoms with Gasteiger partial charge in [0, 0.05) is 33.0 Å². The zero-order valence-corrected chi connectivity index (χ0v) is 16.1. The van der Waals surface area contributed by atoms with E-state index in [2.05, 4.69) is 24.7 Å². The van der Waals surface area contributed by atoms with E-state index in [0.717, 1.165) is 32.7 Å². The van der Waals surface area contributed by atoms with Crippen LogP contribution in [-0.2, 0) is 18.4 Å². The first-order valence-electron chi connectivity index (χ1n) is 7.46. The third-order valence-corrected chi connectivity index (χ3v) is 5.17. The number of terminal acetylenes is 1. The van der Waals surface area contributed by atoms with Gasteiger partial charge >= 0.3 is 13.0 Å². The summed E-state index contributed by atoms with van der Waals surface area (Å²) >= 11 is 0. The lowest BCUT2D eigenvalue weighted by Crippen LogP contribution is -2.13. The summed E-state index contributed by atoms with van der Waals surface area (Å²) in [6, 6.07) is 6.18. The van der Waals surface area contributed by atoms with Gasteiger partial charge in [-0.1, -0.05) is 0 Å². The molecule has 0 amide bonds. The third-order valence-electron chi connectivity index (χ3n) is 3.28. The van der Waals surface area contributed by atoms with Crippen LogP contribution in [0, 0.1) is 25.1 Å². The van der Waals surface area contributed by atoms with Gasteiger partial charge in [0.15, 0.2) is 0 Å². The minimum absolute atomic E-state index is 0.256. The van der Waals surface area contributed by atoms with Crippen LogP contribution in [0.5, 0.6) is 0 Å². The summed E-state index contributed by atoms with van der Waals surface area (Å²) in [5.74, 6) is 2.33. The van der Waals surface area contributed by atoms with E-state index in [-0.39, 0.29) is 5.82 Å². The molecule has 0 N–H and O–H groups in total. The number of benzene rings is 1. The number of carbonyl (C=O) groups excluding carboxylic acids is 1. The van der Waals surface area contributed by atoms with E-state index in [4.69, 9.17) is 12.0 Å². The lowest BCUT2D eigenvalue weighted by molar-refractivity contribution is -0.114. The maximum absolute atomic E-state index is 12.7. The van der Waals surface area contributed by atoms with Crippen molar-refractivity contribution in [1.82, 2.24) is 9.55 Å². The number of carbonyl (C=O) groups is 1. The number of halogens is 1. The Morgan fingerprint density at radius 1 is 1.33 bits per heavy atom. The quantitative estimate of drug-likeness (QED) is 0.256. The highest BCUT2D eigenvalue weighted by atomic mass is 31.2. The lowest BCUT2D eigenvalue weighted by Gasteiger charge is -2.05. The van der Waals surface area contributed by atoms with Crippen molar-refractivity contribution >= 4 is 18.8 Å². The number of hydrogen-bond donors (Lipinski definition) is 0. The summed E-state index contributed by atoms with van der Waals surface area (Å²) < 4.78 is 34.8. The highest BCUT2D eigenvalue weighted by Gasteiger charge is 2.41. The van der Waals surface area contributed by atoms with Crippen LogP contribution in [0.3, 0.4) is 0 Å². The molecule has 0 unspecified atom stereocenters. The maximum atomic E-state index is 12.7. The van der Waals surface area contributed by atoms with Gasteiger partial charge in [0.25, 0.3) is 0 Å². The van der Waals surface area contributed by atoms with E-state index in [1.165, 1.54) is 12.1 Å². The molecule has 0 saturated heterocycles. The van der Waals surface area contributed by atoms with Gasteiger partial charge in [-0.3, -0.25) is 4.79 Å². The number of rotatable bonds is 5. The Kier molecular flexibility index (Phi) is 7.98. The molecular formula is C17H18FN4O4P. The molecule has 0 aliphatic carbocycles. The summed E-state index contributed by atoms with van der Waals surface area (Å²) in [7, 11) is -1.51. The van der Waals surface area contributed by atoms with Crippen molar-refractivity contribution in [2.24, 2.45) is 0 Å². The average Bonchev–Trinajstić information content (AvgIpc) is 3.04. The average molecular weight is 392 g/mol. The Balaban J connectivity index is 0.000000279. The number of ketones is 1. The van der Waals surface area contributed by atoms with Crippen LogP contribution in [0.2, 0.25) is 0 Å². The molecule has 0 spiro atoms. The molecule has 2 aromatic rings. The predicted molar refractivity (Wildman–Crippen MR) is 97.1 cm³/mol. The first-order valence-corrected chi connectivity index (χ1v) is 9.00. The van der Waals surface area contributed by atoms with Crippen LogP contribution < -0.4 is 0 Å². The van der Waals surface area contributed by atoms with Crippen molar-refractivity contribution in [3.63, 3.8) is 0 Å². The van der Waals surface area contributed by atoms with Crippen LogP contribution in [0.1, 0.15) is 18.4 Å². The van der Waals surface area contributed by atoms with E-state index in [0.29, 0.717) is 5.69 Å². The first-order chi connectivity index (χ1) is 12.7. The van der Waals surface area contributed by atoms with Gasteiger partial charge in [-0.25, -0.2) is 13.9 Å². The van der Waals surface area contributed by atoms with E-state index in [1.54, 1.807) is 18.3 Å². The molecule has 0 aliphatic heterocycles. The Hall–Kier alpha value is -2.88. The molecule has 1 aromatic heterocycles. The molecule has 8 nitrogen and oxygen atoms in total. The van der Waals surface area contributed by atoms with E-state index in [1.807, 2.05) is 11.5 Å². The van der Waals surface area contributed by atoms with Gasteiger partial charge in [-0.2, -0.15) is 4.79 Å². The molecule has 0 aliphatic rings. The van der Waals surface area contributed by atoms with Crippen LogP contribution in [0.4, 0.5) is 4.39 Å². The van der Waals surface area contributed by atoms with Gasteiger partial charge in [0.2, 0.25) is 5.78 Å². The zero-order valence-electron chi connectivity index (χ0n) is 15.2. The molecule has 0 atom stereocenters. The van der Waals surface area contributed by atoms with Gasteiger partial charge < -0.3 is 19.1 Å². The minimum atomic E-state index is -3.70. The third kappa shape index (κ3) is 5.55. The topological polar surface area (TPSA) is 107 Å². The molecule has 27 heavy (non-hydrogen) atoms. The first kappa shape index (κ1) is 22.2. The molecule has 0 saturated carbocycles. The monoisotopic (exact) mass is 392 g/mol. The van der Waals surface area contributed by atoms with Gasteiger partial charge in [0.1, 0.15) is 17.3 Å². The van der Waals surface area contributed by atoms with Crippen LogP contribution in [0.25, 0.3) is 11.2 Å². The van der Waals surface area contributed by atoms with Gasteiger partial charge in [0.05, 0.1) is 0 Å². The Morgan fingerprint density at radius 3 is 2.22 bits per heavy atom. The number of nitrogens with zero attached hydrogens (tertiary/aromatic N) is 4. The fourth-order valence-electron chi connectivity index (χ4n) is 1.97. The number of Topliss-reactive ketones (excluding diaryl/α,β-unsaturated/α-hetero) is 1. The molecular weight excluding hydrogens is 374 g/mol. The highest BCUT2D eigenvalue weighted by Crippen LogP contribution is 2.47. The molecule has 0 radical (unpaired) electrons. The SMILES string of the molecule is C#Cc1cn(-c2ccc(F)cc2)c(C)n1.COP(=O)(OC)C(=[N+]=[N-])C(C)=O. The normalized spacial score (nSPS) is 10.2. The van der Waals surface area contributed by atoms with E-state index >= 15 is 0 Å². The number of aryl methyl sites for hydroxylation is 1. The van der Waals surface area contributed by atoms with Crippen molar-refractivity contribution in [2.45, 2.75) is 13.8 Å². The standard InChI is InChI=1S/C12H9FN2.C5H9N2O4P/c1-3-11-8-15(9(2)14-11)12-6-4-10(13)5-7-12;1-4(8)5(7-6)12(9,10-2)11-3/h1,4-8H,2H3;1-3H3. The molecule has 0 bridgehead atoms. The van der Waals surface area contributed by atoms with Gasteiger partial charge in [-0.15, -0.1) is 6.42 Å². The Morgan fingerprint density at radius 2 is 1.89 bits per heavy atom. The number of hydrogen-bond acceptors (Lipinski definition) is 5. The summed E-state index contributed by atoms with van der Waals surface area (Å²) in [6.45, 7) is 2.95. The van der Waals surface area contributed by atoms with Crippen LogP contribution >= 0.6 is 7.60 Å². The van der Waals surface area contributed by atoms with Gasteiger partial charge in [-0.05, 0) is 37.1 Å². The van der Waals surface area contributed by atoms with Crippen molar-refractivity contribution in [2.75, 3.05) is 14.2 Å². The highest BCUT2D eigenvalue weighted by molar-refractivity contribution is 7.74. The predicted octanol–water partition coefficient (Wildman–Crippen LogP) is 2.99. The molecule has 10 heteroatoms. The lowest BCUT2D eigenvalue weighted by atomic mass is 10.3. The molecule has 142 valence electrons. The van der Waals surface area contributed by atoms with E-state index < -0.39 is 18.8 Å². The maximum Gasteiger partial charge on any atom is 0.446 e. The molecule has 0 fully saturated rings. The van der Waals surface area contributed by atoms with Crippen LogP contribution in [0.15, 0.2) is 30.5 Å². The molecule has 2 rings (SSSR count). The second-order valence-corrected chi connectivity index (χ2v) is 7.16. The number of imidazole rings is 1. The Labute approximate surface area is 156 Å². The zero-order chi connectivity index (χ0) is 20.6. The van der Waals surface area contributed by atoms with Crippen molar-refractivity contribution in [3.05, 3.63) is 53.3 Å². The summed E-state index contributed by atoms with van der Waals surface area (Å²) in [5, 5.41) is 0. The van der Waals surface area contributed by atoms with Crippen LogP contribution in [-0.4, -0.2) is 39.8 Å². The van der Waals surface area contributed by atoms with Crippen molar-refractivity contribution in [3.8, 4) is 18.0 Å². The van der Waals surface area contributed by atoms with Crippen molar-refractivity contribution in [1.29, 1.82) is 0 Å². The molecule has 1 heterocycles. The smallest absolute Gasteiger partial charge is 0.360 e. The van der Waals surface area contributed by atoms with Crippen molar-refractivity contribution < 1.29 is 27.6 Å². The number of aromatic nitrogens is 2.